The summed E-state index contributed by atoms with van der Waals surface area (Å²) >= 11 is 0. The molecule has 0 saturated heterocycles. The Labute approximate surface area is 148 Å². The molecule has 0 atom stereocenters. The highest BCUT2D eigenvalue weighted by Gasteiger charge is 2.11. The maximum absolute atomic E-state index is 11.7. The van der Waals surface area contributed by atoms with Gasteiger partial charge < -0.3 is 14.6 Å². The average Bonchev–Trinajstić information content (AvgIpc) is 2.63. The Kier molecular flexibility index (Phi) is 7.08. The summed E-state index contributed by atoms with van der Waals surface area (Å²) in [5.74, 6) is 0.472. The van der Waals surface area contributed by atoms with Gasteiger partial charge in [0, 0.05) is 0 Å². The highest BCUT2D eigenvalue weighted by atomic mass is 16.5. The summed E-state index contributed by atoms with van der Waals surface area (Å²) in [6.07, 6.45) is 4.96. The van der Waals surface area contributed by atoms with E-state index < -0.39 is 5.97 Å². The number of benzene rings is 2. The number of hydrogen-bond acceptors (Lipinski definition) is 3. The summed E-state index contributed by atoms with van der Waals surface area (Å²) in [6.45, 7) is 2.82. The van der Waals surface area contributed by atoms with E-state index in [1.807, 2.05) is 24.3 Å². The van der Waals surface area contributed by atoms with Crippen molar-refractivity contribution in [3.8, 4) is 11.5 Å². The van der Waals surface area contributed by atoms with Crippen LogP contribution >= 0.6 is 0 Å². The summed E-state index contributed by atoms with van der Waals surface area (Å²) in [5, 5.41) is 9.55. The largest absolute Gasteiger partial charge is 0.497 e. The zero-order valence-electron chi connectivity index (χ0n) is 14.7. The molecule has 0 bridgehead atoms. The molecule has 0 amide bonds. The van der Waals surface area contributed by atoms with Gasteiger partial charge in [-0.1, -0.05) is 44.0 Å². The van der Waals surface area contributed by atoms with Crippen LogP contribution in [0.15, 0.2) is 48.5 Å². The lowest BCUT2D eigenvalue weighted by atomic mass is 10.0. The van der Waals surface area contributed by atoms with Crippen LogP contribution in [0.25, 0.3) is 11.6 Å². The van der Waals surface area contributed by atoms with Gasteiger partial charge in [-0.2, -0.15) is 0 Å². The Balaban J connectivity index is 2.20. The van der Waals surface area contributed by atoms with Crippen molar-refractivity contribution in [1.82, 2.24) is 0 Å². The van der Waals surface area contributed by atoms with E-state index in [1.165, 1.54) is 0 Å². The van der Waals surface area contributed by atoms with E-state index in [2.05, 4.69) is 6.92 Å². The molecule has 0 spiro atoms. The minimum atomic E-state index is -0.973. The van der Waals surface area contributed by atoms with E-state index in [-0.39, 0.29) is 5.57 Å². The van der Waals surface area contributed by atoms with Crippen LogP contribution in [0, 0.1) is 0 Å². The fourth-order valence-electron chi connectivity index (χ4n) is 2.44. The minimum absolute atomic E-state index is 0.228. The number of carbonyl (C=O) groups is 1. The quantitative estimate of drug-likeness (QED) is 0.401. The number of carboxylic acid groups (broad SMARTS) is 1. The third-order valence-electron chi connectivity index (χ3n) is 3.82. The molecule has 0 heterocycles. The normalized spacial score (nSPS) is 11.2. The van der Waals surface area contributed by atoms with Crippen LogP contribution in [0.1, 0.15) is 37.3 Å². The Morgan fingerprint density at radius 1 is 1.08 bits per heavy atom. The minimum Gasteiger partial charge on any atom is -0.497 e. The number of carboxylic acids is 1. The molecule has 1 N–H and O–H groups in total. The molecular weight excluding hydrogens is 316 g/mol. The molecule has 4 heteroatoms. The van der Waals surface area contributed by atoms with Gasteiger partial charge in [0.2, 0.25) is 0 Å². The number of hydrogen-bond donors (Lipinski definition) is 1. The molecule has 4 nitrogen and oxygen atoms in total. The Morgan fingerprint density at radius 2 is 1.84 bits per heavy atom. The second-order valence-electron chi connectivity index (χ2n) is 5.72. The topological polar surface area (TPSA) is 55.8 Å². The summed E-state index contributed by atoms with van der Waals surface area (Å²) < 4.78 is 10.8. The summed E-state index contributed by atoms with van der Waals surface area (Å²) in [5.41, 5.74) is 1.65. The van der Waals surface area contributed by atoms with E-state index in [1.54, 1.807) is 37.5 Å². The summed E-state index contributed by atoms with van der Waals surface area (Å²) in [6, 6.07) is 14.5. The molecule has 0 aliphatic rings. The van der Waals surface area contributed by atoms with Gasteiger partial charge in [0.05, 0.1) is 19.3 Å². The smallest absolute Gasteiger partial charge is 0.336 e. The standard InChI is InChI=1S/C21H24O4/c1-3-4-5-13-25-19-8-6-7-16(14-19)15-20(21(22)23)17-9-11-18(24-2)12-10-17/h6-12,14-15H,3-5,13H2,1-2H3,(H,22,23)/b20-15-. The molecule has 2 aromatic carbocycles. The monoisotopic (exact) mass is 340 g/mol. The van der Waals surface area contributed by atoms with E-state index in [9.17, 15) is 9.90 Å². The first-order valence-corrected chi connectivity index (χ1v) is 8.46. The molecule has 2 rings (SSSR count). The van der Waals surface area contributed by atoms with Gasteiger partial charge in [-0.3, -0.25) is 0 Å². The van der Waals surface area contributed by atoms with Crippen molar-refractivity contribution < 1.29 is 19.4 Å². The second-order valence-corrected chi connectivity index (χ2v) is 5.72. The van der Waals surface area contributed by atoms with E-state index in [0.717, 1.165) is 30.6 Å². The first-order valence-electron chi connectivity index (χ1n) is 8.46. The second kappa shape index (κ2) is 9.52. The van der Waals surface area contributed by atoms with Crippen LogP contribution in [-0.2, 0) is 4.79 Å². The molecule has 0 aromatic heterocycles. The zero-order valence-corrected chi connectivity index (χ0v) is 14.7. The van der Waals surface area contributed by atoms with Crippen molar-refractivity contribution in [2.75, 3.05) is 13.7 Å². The van der Waals surface area contributed by atoms with Gasteiger partial charge in [-0.05, 0) is 47.9 Å². The number of rotatable bonds is 9. The van der Waals surface area contributed by atoms with Crippen LogP contribution in [0.2, 0.25) is 0 Å². The molecule has 0 aliphatic carbocycles. The third-order valence-corrected chi connectivity index (χ3v) is 3.82. The number of methoxy groups -OCH3 is 1. The molecule has 132 valence electrons. The SMILES string of the molecule is CCCCCOc1cccc(/C=C(\C(=O)O)c2ccc(OC)cc2)c1. The molecule has 0 unspecified atom stereocenters. The van der Waals surface area contributed by atoms with E-state index >= 15 is 0 Å². The van der Waals surface area contributed by atoms with Crippen molar-refractivity contribution in [1.29, 1.82) is 0 Å². The lowest BCUT2D eigenvalue weighted by molar-refractivity contribution is -0.130. The molecule has 0 aliphatic heterocycles. The van der Waals surface area contributed by atoms with Gasteiger partial charge in [0.1, 0.15) is 11.5 Å². The van der Waals surface area contributed by atoms with Crippen molar-refractivity contribution in [3.05, 3.63) is 59.7 Å². The van der Waals surface area contributed by atoms with Gasteiger partial charge >= 0.3 is 5.97 Å². The molecule has 2 aromatic rings. The highest BCUT2D eigenvalue weighted by Crippen LogP contribution is 2.23. The third kappa shape index (κ3) is 5.68. The lowest BCUT2D eigenvalue weighted by Gasteiger charge is -2.08. The first kappa shape index (κ1) is 18.6. The predicted molar refractivity (Wildman–Crippen MR) is 100.0 cm³/mol. The van der Waals surface area contributed by atoms with Crippen molar-refractivity contribution in [2.45, 2.75) is 26.2 Å². The number of aliphatic carboxylic acids is 1. The Morgan fingerprint density at radius 3 is 2.48 bits per heavy atom. The van der Waals surface area contributed by atoms with Crippen LogP contribution in [0.3, 0.4) is 0 Å². The van der Waals surface area contributed by atoms with Crippen LogP contribution in [0.4, 0.5) is 0 Å². The number of unbranched alkanes of at least 4 members (excludes halogenated alkanes) is 2. The van der Waals surface area contributed by atoms with Gasteiger partial charge in [-0.15, -0.1) is 0 Å². The zero-order chi connectivity index (χ0) is 18.1. The molecule has 0 fully saturated rings. The molecular formula is C21H24O4. The maximum Gasteiger partial charge on any atom is 0.336 e. The number of ether oxygens (including phenoxy) is 2. The maximum atomic E-state index is 11.7. The fraction of sp³-hybridized carbons (Fsp3) is 0.286. The lowest BCUT2D eigenvalue weighted by Crippen LogP contribution is -2.00. The average molecular weight is 340 g/mol. The predicted octanol–water partition coefficient (Wildman–Crippen LogP) is 4.89. The highest BCUT2D eigenvalue weighted by molar-refractivity contribution is 6.20. The van der Waals surface area contributed by atoms with Crippen LogP contribution in [0.5, 0.6) is 11.5 Å². The van der Waals surface area contributed by atoms with E-state index in [0.29, 0.717) is 17.9 Å². The van der Waals surface area contributed by atoms with Crippen molar-refractivity contribution >= 4 is 17.6 Å². The van der Waals surface area contributed by atoms with Crippen molar-refractivity contribution in [3.63, 3.8) is 0 Å². The van der Waals surface area contributed by atoms with Gasteiger partial charge in [-0.25, -0.2) is 4.79 Å². The van der Waals surface area contributed by atoms with Crippen LogP contribution in [-0.4, -0.2) is 24.8 Å². The molecule has 0 radical (unpaired) electrons. The van der Waals surface area contributed by atoms with Gasteiger partial charge in [0.25, 0.3) is 0 Å². The molecule has 25 heavy (non-hydrogen) atoms. The Hall–Kier alpha value is -2.75. The first-order chi connectivity index (χ1) is 12.1. The Bertz CT molecular complexity index is 717. The fourth-order valence-corrected chi connectivity index (χ4v) is 2.44. The van der Waals surface area contributed by atoms with Crippen molar-refractivity contribution in [2.24, 2.45) is 0 Å². The summed E-state index contributed by atoms with van der Waals surface area (Å²) in [4.78, 5) is 11.7. The molecule has 0 saturated carbocycles. The summed E-state index contributed by atoms with van der Waals surface area (Å²) in [7, 11) is 1.58. The van der Waals surface area contributed by atoms with E-state index in [4.69, 9.17) is 9.47 Å². The van der Waals surface area contributed by atoms with Gasteiger partial charge in [0.15, 0.2) is 0 Å². The van der Waals surface area contributed by atoms with Crippen LogP contribution < -0.4 is 9.47 Å².